The Kier molecular flexibility index (Phi) is 6.16. The molecule has 0 radical (unpaired) electrons. The summed E-state index contributed by atoms with van der Waals surface area (Å²) < 4.78 is 29.3. The maximum atomic E-state index is 12.9. The highest BCUT2D eigenvalue weighted by Gasteiger charge is 2.34. The first kappa shape index (κ1) is 19.4. The van der Waals surface area contributed by atoms with Crippen molar-refractivity contribution in [3.8, 4) is 5.75 Å². The number of hydrogen-bond donors (Lipinski definition) is 0. The summed E-state index contributed by atoms with van der Waals surface area (Å²) in [6, 6.07) is 16.7. The Morgan fingerprint density at radius 1 is 1.11 bits per heavy atom. The lowest BCUT2D eigenvalue weighted by Gasteiger charge is -2.28. The van der Waals surface area contributed by atoms with Crippen molar-refractivity contribution in [1.29, 1.82) is 0 Å². The van der Waals surface area contributed by atoms with Crippen LogP contribution in [0, 0.1) is 0 Å². The molecule has 1 atom stereocenters. The third-order valence-electron chi connectivity index (χ3n) is 4.72. The molecule has 0 aromatic heterocycles. The first-order valence-electron chi connectivity index (χ1n) is 9.26. The Bertz CT molecular complexity index is 863. The number of amides is 1. The fourth-order valence-corrected chi connectivity index (χ4v) is 5.04. The van der Waals surface area contributed by atoms with E-state index in [0.29, 0.717) is 25.1 Å². The third-order valence-corrected chi connectivity index (χ3v) is 6.47. The summed E-state index contributed by atoms with van der Waals surface area (Å²) in [6.45, 7) is 2.99. The molecular weight excluding hydrogens is 362 g/mol. The van der Waals surface area contributed by atoms with E-state index < -0.39 is 9.84 Å². The van der Waals surface area contributed by atoms with Crippen molar-refractivity contribution in [3.05, 3.63) is 65.7 Å². The molecule has 1 unspecified atom stereocenters. The SMILES string of the molecule is CCCN(C(=O)c1ccc(COc2ccccc2)cc1)C1CCS(=O)(=O)C1. The van der Waals surface area contributed by atoms with E-state index in [2.05, 4.69) is 0 Å². The third kappa shape index (κ3) is 5.10. The van der Waals surface area contributed by atoms with Crippen LogP contribution in [-0.4, -0.2) is 43.3 Å². The van der Waals surface area contributed by atoms with Gasteiger partial charge < -0.3 is 9.64 Å². The summed E-state index contributed by atoms with van der Waals surface area (Å²) in [5, 5.41) is 0. The van der Waals surface area contributed by atoms with Gasteiger partial charge in [0.05, 0.1) is 11.5 Å². The van der Waals surface area contributed by atoms with E-state index in [9.17, 15) is 13.2 Å². The minimum absolute atomic E-state index is 0.0712. The molecule has 1 saturated heterocycles. The van der Waals surface area contributed by atoms with Crippen LogP contribution in [0.1, 0.15) is 35.7 Å². The van der Waals surface area contributed by atoms with Gasteiger partial charge in [-0.2, -0.15) is 0 Å². The number of ether oxygens (including phenoxy) is 1. The van der Waals surface area contributed by atoms with Crippen LogP contribution in [0.3, 0.4) is 0 Å². The zero-order valence-electron chi connectivity index (χ0n) is 15.5. The Labute approximate surface area is 160 Å². The Morgan fingerprint density at radius 2 is 1.81 bits per heavy atom. The topological polar surface area (TPSA) is 63.7 Å². The first-order valence-corrected chi connectivity index (χ1v) is 11.1. The molecule has 1 fully saturated rings. The van der Waals surface area contributed by atoms with Gasteiger partial charge in [-0.15, -0.1) is 0 Å². The lowest BCUT2D eigenvalue weighted by atomic mass is 10.1. The van der Waals surface area contributed by atoms with Crippen molar-refractivity contribution in [2.24, 2.45) is 0 Å². The van der Waals surface area contributed by atoms with Gasteiger partial charge in [0.1, 0.15) is 12.4 Å². The molecule has 144 valence electrons. The highest BCUT2D eigenvalue weighted by atomic mass is 32.2. The second-order valence-electron chi connectivity index (χ2n) is 6.85. The second-order valence-corrected chi connectivity index (χ2v) is 9.08. The number of carbonyl (C=O) groups excluding carboxylic acids is 1. The van der Waals surface area contributed by atoms with Gasteiger partial charge in [0.15, 0.2) is 9.84 Å². The summed E-state index contributed by atoms with van der Waals surface area (Å²) in [6.07, 6.45) is 1.32. The van der Waals surface area contributed by atoms with Gasteiger partial charge in [-0.1, -0.05) is 37.3 Å². The molecule has 27 heavy (non-hydrogen) atoms. The standard InChI is InChI=1S/C21H25NO4S/c1-2-13-22(19-12-14-27(24,25)16-19)21(23)18-10-8-17(9-11-18)15-26-20-6-4-3-5-7-20/h3-11,19H,2,12-16H2,1H3. The predicted molar refractivity (Wildman–Crippen MR) is 106 cm³/mol. The Hall–Kier alpha value is -2.34. The number of carbonyl (C=O) groups is 1. The van der Waals surface area contributed by atoms with Crippen molar-refractivity contribution in [1.82, 2.24) is 4.90 Å². The molecule has 1 heterocycles. The largest absolute Gasteiger partial charge is 0.489 e. The lowest BCUT2D eigenvalue weighted by Crippen LogP contribution is -2.41. The van der Waals surface area contributed by atoms with Crippen LogP contribution in [0.2, 0.25) is 0 Å². The van der Waals surface area contributed by atoms with Crippen LogP contribution in [0.5, 0.6) is 5.75 Å². The van der Waals surface area contributed by atoms with Crippen LogP contribution in [0.15, 0.2) is 54.6 Å². The molecule has 0 bridgehead atoms. The van der Waals surface area contributed by atoms with E-state index in [1.165, 1.54) is 0 Å². The van der Waals surface area contributed by atoms with Gasteiger partial charge in [-0.3, -0.25) is 4.79 Å². The molecule has 6 heteroatoms. The molecular formula is C21H25NO4S. The predicted octanol–water partition coefficient (Wildman–Crippen LogP) is 3.30. The molecule has 3 rings (SSSR count). The van der Waals surface area contributed by atoms with E-state index in [-0.39, 0.29) is 23.5 Å². The second kappa shape index (κ2) is 8.57. The van der Waals surface area contributed by atoms with Crippen molar-refractivity contribution in [2.75, 3.05) is 18.1 Å². The highest BCUT2D eigenvalue weighted by molar-refractivity contribution is 7.91. The minimum Gasteiger partial charge on any atom is -0.489 e. The monoisotopic (exact) mass is 387 g/mol. The van der Waals surface area contributed by atoms with Crippen molar-refractivity contribution >= 4 is 15.7 Å². The quantitative estimate of drug-likeness (QED) is 0.731. The highest BCUT2D eigenvalue weighted by Crippen LogP contribution is 2.21. The van der Waals surface area contributed by atoms with Gasteiger partial charge in [-0.05, 0) is 42.7 Å². The molecule has 1 amide bonds. The number of nitrogens with zero attached hydrogens (tertiary/aromatic N) is 1. The molecule has 0 N–H and O–H groups in total. The molecule has 0 spiro atoms. The molecule has 2 aromatic rings. The van der Waals surface area contributed by atoms with Gasteiger partial charge in [-0.25, -0.2) is 8.42 Å². The van der Waals surface area contributed by atoms with E-state index in [1.807, 2.05) is 49.4 Å². The lowest BCUT2D eigenvalue weighted by molar-refractivity contribution is 0.0697. The smallest absolute Gasteiger partial charge is 0.254 e. The van der Waals surface area contributed by atoms with E-state index in [0.717, 1.165) is 17.7 Å². The van der Waals surface area contributed by atoms with E-state index in [4.69, 9.17) is 4.74 Å². The van der Waals surface area contributed by atoms with Crippen LogP contribution >= 0.6 is 0 Å². The summed E-state index contributed by atoms with van der Waals surface area (Å²) in [4.78, 5) is 14.6. The number of para-hydroxylation sites is 1. The summed E-state index contributed by atoms with van der Waals surface area (Å²) in [7, 11) is -3.03. The number of rotatable bonds is 7. The molecule has 1 aliphatic rings. The molecule has 5 nitrogen and oxygen atoms in total. The van der Waals surface area contributed by atoms with Crippen molar-refractivity contribution in [3.63, 3.8) is 0 Å². The fraction of sp³-hybridized carbons (Fsp3) is 0.381. The Morgan fingerprint density at radius 3 is 2.41 bits per heavy atom. The Balaban J connectivity index is 1.66. The first-order chi connectivity index (χ1) is 13.0. The summed E-state index contributed by atoms with van der Waals surface area (Å²) in [5.74, 6) is 0.937. The average Bonchev–Trinajstić information content (AvgIpc) is 3.04. The molecule has 1 aliphatic heterocycles. The van der Waals surface area contributed by atoms with Crippen LogP contribution in [-0.2, 0) is 16.4 Å². The zero-order valence-corrected chi connectivity index (χ0v) is 16.3. The van der Waals surface area contributed by atoms with Gasteiger partial charge in [0.2, 0.25) is 0 Å². The molecule has 0 aliphatic carbocycles. The normalized spacial score (nSPS) is 18.2. The van der Waals surface area contributed by atoms with E-state index >= 15 is 0 Å². The maximum absolute atomic E-state index is 12.9. The van der Waals surface area contributed by atoms with Crippen molar-refractivity contribution < 1.29 is 17.9 Å². The van der Waals surface area contributed by atoms with Gasteiger partial charge in [0.25, 0.3) is 5.91 Å². The fourth-order valence-electron chi connectivity index (χ4n) is 3.30. The number of sulfone groups is 1. The van der Waals surface area contributed by atoms with E-state index in [1.54, 1.807) is 17.0 Å². The van der Waals surface area contributed by atoms with Gasteiger partial charge >= 0.3 is 0 Å². The van der Waals surface area contributed by atoms with Crippen LogP contribution in [0.25, 0.3) is 0 Å². The van der Waals surface area contributed by atoms with Crippen molar-refractivity contribution in [2.45, 2.75) is 32.4 Å². The zero-order chi connectivity index (χ0) is 19.3. The average molecular weight is 388 g/mol. The molecule has 2 aromatic carbocycles. The summed E-state index contributed by atoms with van der Waals surface area (Å²) in [5.41, 5.74) is 1.55. The van der Waals surface area contributed by atoms with Crippen LogP contribution < -0.4 is 4.74 Å². The maximum Gasteiger partial charge on any atom is 0.254 e. The number of hydrogen-bond acceptors (Lipinski definition) is 4. The van der Waals surface area contributed by atoms with Crippen LogP contribution in [0.4, 0.5) is 0 Å². The number of benzene rings is 2. The summed E-state index contributed by atoms with van der Waals surface area (Å²) >= 11 is 0. The van der Waals surface area contributed by atoms with Gasteiger partial charge in [0, 0.05) is 18.2 Å². The molecule has 0 saturated carbocycles. The minimum atomic E-state index is -3.03.